The minimum atomic E-state index is -0.379. The number of nitrogens with zero attached hydrogens (tertiary/aromatic N) is 2. The van der Waals surface area contributed by atoms with Crippen molar-refractivity contribution in [3.63, 3.8) is 0 Å². The smallest absolute Gasteiger partial charge is 0.237 e. The first-order chi connectivity index (χ1) is 9.97. The lowest BCUT2D eigenvalue weighted by Crippen LogP contribution is -2.49. The molecule has 0 spiro atoms. The van der Waals surface area contributed by atoms with Gasteiger partial charge in [-0.05, 0) is 18.4 Å². The van der Waals surface area contributed by atoms with Crippen LogP contribution in [-0.4, -0.2) is 67.6 Å². The lowest BCUT2D eigenvalue weighted by molar-refractivity contribution is -0.123. The van der Waals surface area contributed by atoms with E-state index in [9.17, 15) is 4.79 Å². The van der Waals surface area contributed by atoms with Gasteiger partial charge in [-0.25, -0.2) is 0 Å². The standard InChI is InChI=1S/C16H34N4O.ClH/c1-5-14(4)15(17)16(21)18-11-13(3)12-20-9-7-19(6-2)8-10-20;/h13-15H,5-12,17H2,1-4H3,(H,18,21);1H. The van der Waals surface area contributed by atoms with Gasteiger partial charge in [-0.3, -0.25) is 4.79 Å². The maximum absolute atomic E-state index is 12.0. The summed E-state index contributed by atoms with van der Waals surface area (Å²) in [5.74, 6) is 0.695. The molecule has 0 aromatic carbocycles. The van der Waals surface area contributed by atoms with E-state index in [2.05, 4.69) is 35.9 Å². The summed E-state index contributed by atoms with van der Waals surface area (Å²) in [5.41, 5.74) is 5.94. The number of hydrogen-bond donors (Lipinski definition) is 2. The van der Waals surface area contributed by atoms with Crippen molar-refractivity contribution in [2.75, 3.05) is 45.8 Å². The van der Waals surface area contributed by atoms with Gasteiger partial charge in [0, 0.05) is 39.3 Å². The minimum Gasteiger partial charge on any atom is -0.354 e. The second-order valence-corrected chi connectivity index (χ2v) is 6.50. The first-order valence-electron chi connectivity index (χ1n) is 8.45. The summed E-state index contributed by atoms with van der Waals surface area (Å²) >= 11 is 0. The molecule has 132 valence electrons. The van der Waals surface area contributed by atoms with Gasteiger partial charge in [0.25, 0.3) is 0 Å². The Morgan fingerprint density at radius 2 is 1.68 bits per heavy atom. The van der Waals surface area contributed by atoms with Gasteiger partial charge in [-0.1, -0.05) is 34.1 Å². The van der Waals surface area contributed by atoms with Gasteiger partial charge < -0.3 is 20.9 Å². The van der Waals surface area contributed by atoms with Crippen LogP contribution in [0.4, 0.5) is 0 Å². The number of piperazine rings is 1. The maximum Gasteiger partial charge on any atom is 0.237 e. The Hall–Kier alpha value is -0.360. The molecule has 1 aliphatic rings. The van der Waals surface area contributed by atoms with E-state index in [0.717, 1.165) is 52.2 Å². The van der Waals surface area contributed by atoms with E-state index in [-0.39, 0.29) is 30.3 Å². The van der Waals surface area contributed by atoms with E-state index in [1.54, 1.807) is 0 Å². The molecule has 22 heavy (non-hydrogen) atoms. The minimum absolute atomic E-state index is 0. The molecule has 0 saturated carbocycles. The third kappa shape index (κ3) is 7.27. The Balaban J connectivity index is 0.00000441. The molecular formula is C16H35ClN4O. The normalized spacial score (nSPS) is 20.8. The molecule has 0 bridgehead atoms. The molecule has 5 nitrogen and oxygen atoms in total. The monoisotopic (exact) mass is 334 g/mol. The van der Waals surface area contributed by atoms with E-state index < -0.39 is 0 Å². The molecule has 0 aromatic heterocycles. The molecule has 1 rings (SSSR count). The summed E-state index contributed by atoms with van der Waals surface area (Å²) < 4.78 is 0. The molecule has 1 heterocycles. The van der Waals surface area contributed by atoms with Crippen molar-refractivity contribution in [1.29, 1.82) is 0 Å². The predicted octanol–water partition coefficient (Wildman–Crippen LogP) is 1.17. The summed E-state index contributed by atoms with van der Waals surface area (Å²) in [5, 5.41) is 3.01. The van der Waals surface area contributed by atoms with Gasteiger partial charge in [-0.15, -0.1) is 12.4 Å². The van der Waals surface area contributed by atoms with E-state index >= 15 is 0 Å². The number of carbonyl (C=O) groups excluding carboxylic acids is 1. The van der Waals surface area contributed by atoms with Gasteiger partial charge in [-0.2, -0.15) is 0 Å². The largest absolute Gasteiger partial charge is 0.354 e. The number of likely N-dealkylation sites (N-methyl/N-ethyl adjacent to an activating group) is 1. The molecule has 1 aliphatic heterocycles. The fourth-order valence-electron chi connectivity index (χ4n) is 2.70. The molecule has 6 heteroatoms. The van der Waals surface area contributed by atoms with Crippen molar-refractivity contribution in [3.05, 3.63) is 0 Å². The highest BCUT2D eigenvalue weighted by Crippen LogP contribution is 2.07. The third-order valence-corrected chi connectivity index (χ3v) is 4.67. The molecule has 3 N–H and O–H groups in total. The zero-order valence-electron chi connectivity index (χ0n) is 14.7. The molecule has 0 aliphatic carbocycles. The van der Waals surface area contributed by atoms with Gasteiger partial charge in [0.1, 0.15) is 0 Å². The number of hydrogen-bond acceptors (Lipinski definition) is 4. The fraction of sp³-hybridized carbons (Fsp3) is 0.938. The van der Waals surface area contributed by atoms with Crippen LogP contribution in [0.25, 0.3) is 0 Å². The third-order valence-electron chi connectivity index (χ3n) is 4.67. The summed E-state index contributed by atoms with van der Waals surface area (Å²) in [7, 11) is 0. The molecule has 0 aromatic rings. The Bertz CT molecular complexity index is 309. The van der Waals surface area contributed by atoms with E-state index in [1.807, 2.05) is 6.92 Å². The van der Waals surface area contributed by atoms with Crippen molar-refractivity contribution in [2.45, 2.75) is 40.2 Å². The highest BCUT2D eigenvalue weighted by molar-refractivity contribution is 5.85. The molecule has 3 atom stereocenters. The maximum atomic E-state index is 12.0. The number of halogens is 1. The Morgan fingerprint density at radius 1 is 1.14 bits per heavy atom. The molecule has 3 unspecified atom stereocenters. The van der Waals surface area contributed by atoms with Crippen LogP contribution >= 0.6 is 12.4 Å². The number of carbonyl (C=O) groups is 1. The van der Waals surface area contributed by atoms with Crippen molar-refractivity contribution >= 4 is 18.3 Å². The van der Waals surface area contributed by atoms with Crippen LogP contribution in [0.3, 0.4) is 0 Å². The zero-order chi connectivity index (χ0) is 15.8. The van der Waals surface area contributed by atoms with Gasteiger partial charge in [0.2, 0.25) is 5.91 Å². The zero-order valence-corrected chi connectivity index (χ0v) is 15.5. The van der Waals surface area contributed by atoms with Crippen LogP contribution < -0.4 is 11.1 Å². The lowest BCUT2D eigenvalue weighted by atomic mass is 9.99. The van der Waals surface area contributed by atoms with Gasteiger partial charge >= 0.3 is 0 Å². The second kappa shape index (κ2) is 11.2. The van der Waals surface area contributed by atoms with Crippen LogP contribution in [0.15, 0.2) is 0 Å². The topological polar surface area (TPSA) is 61.6 Å². The van der Waals surface area contributed by atoms with Crippen molar-refractivity contribution in [2.24, 2.45) is 17.6 Å². The predicted molar refractivity (Wildman–Crippen MR) is 95.4 cm³/mol. The van der Waals surface area contributed by atoms with E-state index in [4.69, 9.17) is 5.73 Å². The van der Waals surface area contributed by atoms with E-state index in [0.29, 0.717) is 5.92 Å². The van der Waals surface area contributed by atoms with Crippen LogP contribution in [-0.2, 0) is 4.79 Å². The first kappa shape index (κ1) is 21.6. The molecule has 0 radical (unpaired) electrons. The van der Waals surface area contributed by atoms with Gasteiger partial charge in [0.05, 0.1) is 6.04 Å². The summed E-state index contributed by atoms with van der Waals surface area (Å²) in [6.07, 6.45) is 0.936. The highest BCUT2D eigenvalue weighted by Gasteiger charge is 2.21. The van der Waals surface area contributed by atoms with E-state index in [1.165, 1.54) is 0 Å². The van der Waals surface area contributed by atoms with Crippen LogP contribution in [0, 0.1) is 11.8 Å². The Labute approximate surface area is 142 Å². The molecule has 1 saturated heterocycles. The summed E-state index contributed by atoms with van der Waals surface area (Å²) in [4.78, 5) is 16.9. The first-order valence-corrected chi connectivity index (χ1v) is 8.45. The SMILES string of the molecule is CCC(C)C(N)C(=O)NCC(C)CN1CCN(CC)CC1.Cl. The van der Waals surface area contributed by atoms with Crippen molar-refractivity contribution in [3.8, 4) is 0 Å². The average Bonchev–Trinajstić information content (AvgIpc) is 2.51. The number of rotatable bonds is 8. The van der Waals surface area contributed by atoms with Crippen LogP contribution in [0.1, 0.15) is 34.1 Å². The Morgan fingerprint density at radius 3 is 2.18 bits per heavy atom. The number of nitrogens with one attached hydrogen (secondary N) is 1. The molecule has 1 fully saturated rings. The average molecular weight is 335 g/mol. The number of amides is 1. The molecular weight excluding hydrogens is 300 g/mol. The van der Waals surface area contributed by atoms with Crippen molar-refractivity contribution < 1.29 is 4.79 Å². The summed E-state index contributed by atoms with van der Waals surface area (Å²) in [6, 6.07) is -0.379. The summed E-state index contributed by atoms with van der Waals surface area (Å²) in [6.45, 7) is 16.0. The van der Waals surface area contributed by atoms with Crippen molar-refractivity contribution in [1.82, 2.24) is 15.1 Å². The second-order valence-electron chi connectivity index (χ2n) is 6.50. The highest BCUT2D eigenvalue weighted by atomic mass is 35.5. The quantitative estimate of drug-likeness (QED) is 0.699. The van der Waals surface area contributed by atoms with Crippen LogP contribution in [0.2, 0.25) is 0 Å². The Kier molecular flexibility index (Phi) is 11.0. The van der Waals surface area contributed by atoms with Crippen LogP contribution in [0.5, 0.6) is 0 Å². The molecule has 1 amide bonds. The number of nitrogens with two attached hydrogens (primary N) is 1. The fourth-order valence-corrected chi connectivity index (χ4v) is 2.70. The van der Waals surface area contributed by atoms with Gasteiger partial charge in [0.15, 0.2) is 0 Å². The lowest BCUT2D eigenvalue weighted by Gasteiger charge is -2.35.